The van der Waals surface area contributed by atoms with E-state index >= 15 is 0 Å². The lowest BCUT2D eigenvalue weighted by atomic mass is 9.73. The Bertz CT molecular complexity index is 388. The molecule has 1 aliphatic rings. The van der Waals surface area contributed by atoms with Crippen LogP contribution in [0.3, 0.4) is 0 Å². The van der Waals surface area contributed by atoms with Gasteiger partial charge in [0.25, 0.3) is 0 Å². The van der Waals surface area contributed by atoms with E-state index < -0.39 is 0 Å². The van der Waals surface area contributed by atoms with Gasteiger partial charge in [-0.3, -0.25) is 0 Å². The summed E-state index contributed by atoms with van der Waals surface area (Å²) in [6.07, 6.45) is 1.04. The minimum absolute atomic E-state index is 0.176. The summed E-state index contributed by atoms with van der Waals surface area (Å²) in [5, 5.41) is 4.24. The highest BCUT2D eigenvalue weighted by Crippen LogP contribution is 2.36. The quantitative estimate of drug-likeness (QED) is 0.799. The van der Waals surface area contributed by atoms with Crippen LogP contribution in [0.4, 0.5) is 0 Å². The molecule has 18 heavy (non-hydrogen) atoms. The minimum atomic E-state index is 0.176. The fourth-order valence-corrected chi connectivity index (χ4v) is 2.74. The summed E-state index contributed by atoms with van der Waals surface area (Å²) < 4.78 is 5.72. The monoisotopic (exact) mass is 267 g/mol. The molecule has 0 amide bonds. The summed E-state index contributed by atoms with van der Waals surface area (Å²) in [5.41, 5.74) is 1.44. The van der Waals surface area contributed by atoms with Gasteiger partial charge < -0.3 is 10.1 Å². The van der Waals surface area contributed by atoms with Crippen molar-refractivity contribution in [2.75, 3.05) is 26.3 Å². The van der Waals surface area contributed by atoms with Crippen LogP contribution >= 0.6 is 11.6 Å². The van der Waals surface area contributed by atoms with Crippen LogP contribution in [0.5, 0.6) is 0 Å². The molecule has 1 fully saturated rings. The molecule has 1 aliphatic heterocycles. The van der Waals surface area contributed by atoms with E-state index in [4.69, 9.17) is 16.3 Å². The van der Waals surface area contributed by atoms with E-state index in [0.29, 0.717) is 5.92 Å². The van der Waals surface area contributed by atoms with Crippen molar-refractivity contribution in [3.63, 3.8) is 0 Å². The largest absolute Gasteiger partial charge is 0.381 e. The summed E-state index contributed by atoms with van der Waals surface area (Å²) in [6, 6.07) is 8.18. The van der Waals surface area contributed by atoms with Crippen molar-refractivity contribution in [3.05, 3.63) is 34.9 Å². The second-order valence-corrected chi connectivity index (χ2v) is 5.99. The predicted molar refractivity (Wildman–Crippen MR) is 76.3 cm³/mol. The average Bonchev–Trinajstić information content (AvgIpc) is 2.28. The summed E-state index contributed by atoms with van der Waals surface area (Å²) >= 11 is 6.32. The van der Waals surface area contributed by atoms with E-state index in [1.54, 1.807) is 0 Å². The highest BCUT2D eigenvalue weighted by molar-refractivity contribution is 6.31. The maximum absolute atomic E-state index is 6.32. The van der Waals surface area contributed by atoms with E-state index in [2.05, 4.69) is 31.3 Å². The first-order chi connectivity index (χ1) is 8.64. The van der Waals surface area contributed by atoms with Crippen LogP contribution in [0, 0.1) is 5.92 Å². The van der Waals surface area contributed by atoms with Gasteiger partial charge >= 0.3 is 0 Å². The van der Waals surface area contributed by atoms with E-state index in [-0.39, 0.29) is 5.41 Å². The zero-order valence-corrected chi connectivity index (χ0v) is 12.0. The molecule has 100 valence electrons. The first kappa shape index (κ1) is 13.9. The fourth-order valence-electron chi connectivity index (χ4n) is 2.41. The molecule has 1 saturated heterocycles. The smallest absolute Gasteiger partial charge is 0.0488 e. The highest BCUT2D eigenvalue weighted by Gasteiger charge is 2.39. The molecule has 3 heteroatoms. The second kappa shape index (κ2) is 6.05. The molecule has 0 bridgehead atoms. The van der Waals surface area contributed by atoms with Gasteiger partial charge in [0.2, 0.25) is 0 Å². The molecule has 0 unspecified atom stereocenters. The maximum Gasteiger partial charge on any atom is 0.0488 e. The fraction of sp³-hybridized carbons (Fsp3) is 0.600. The number of halogens is 1. The van der Waals surface area contributed by atoms with Crippen LogP contribution in [-0.4, -0.2) is 26.3 Å². The SMILES string of the molecule is CC(C)COCCC1(c2ccccc2Cl)CNC1. The van der Waals surface area contributed by atoms with Crippen LogP contribution in [0.25, 0.3) is 0 Å². The number of benzene rings is 1. The Kier molecular flexibility index (Phi) is 4.66. The molecule has 1 N–H and O–H groups in total. The van der Waals surface area contributed by atoms with E-state index in [9.17, 15) is 0 Å². The lowest BCUT2D eigenvalue weighted by Gasteiger charge is -2.43. The van der Waals surface area contributed by atoms with Gasteiger partial charge in [-0.15, -0.1) is 0 Å². The van der Waals surface area contributed by atoms with Crippen LogP contribution in [0.1, 0.15) is 25.8 Å². The Balaban J connectivity index is 1.96. The van der Waals surface area contributed by atoms with Gasteiger partial charge in [0, 0.05) is 36.7 Å². The zero-order valence-electron chi connectivity index (χ0n) is 11.2. The third-order valence-electron chi connectivity index (χ3n) is 3.55. The van der Waals surface area contributed by atoms with Crippen molar-refractivity contribution in [1.82, 2.24) is 5.32 Å². The van der Waals surface area contributed by atoms with Crippen molar-refractivity contribution in [3.8, 4) is 0 Å². The van der Waals surface area contributed by atoms with Gasteiger partial charge in [-0.2, -0.15) is 0 Å². The number of rotatable bonds is 6. The van der Waals surface area contributed by atoms with Crippen molar-refractivity contribution < 1.29 is 4.74 Å². The Morgan fingerprint density at radius 1 is 1.33 bits per heavy atom. The van der Waals surface area contributed by atoms with Crippen LogP contribution < -0.4 is 5.32 Å². The molecule has 1 aromatic carbocycles. The maximum atomic E-state index is 6.32. The van der Waals surface area contributed by atoms with Gasteiger partial charge in [-0.05, 0) is 24.0 Å². The molecule has 1 heterocycles. The molecular formula is C15H22ClNO. The molecule has 0 spiro atoms. The lowest BCUT2D eigenvalue weighted by Crippen LogP contribution is -2.57. The summed E-state index contributed by atoms with van der Waals surface area (Å²) in [4.78, 5) is 0. The van der Waals surface area contributed by atoms with Gasteiger partial charge in [0.1, 0.15) is 0 Å². The Labute approximate surface area is 115 Å². The van der Waals surface area contributed by atoms with Gasteiger partial charge in [0.15, 0.2) is 0 Å². The molecule has 1 aromatic rings. The third-order valence-corrected chi connectivity index (χ3v) is 3.88. The second-order valence-electron chi connectivity index (χ2n) is 5.58. The van der Waals surface area contributed by atoms with Crippen LogP contribution in [-0.2, 0) is 10.2 Å². The first-order valence-electron chi connectivity index (χ1n) is 6.67. The van der Waals surface area contributed by atoms with Gasteiger partial charge in [-0.1, -0.05) is 43.6 Å². The molecule has 2 rings (SSSR count). The Hall–Kier alpha value is -0.570. The molecular weight excluding hydrogens is 246 g/mol. The van der Waals surface area contributed by atoms with E-state index in [1.807, 2.05) is 12.1 Å². The molecule has 0 radical (unpaired) electrons. The van der Waals surface area contributed by atoms with E-state index in [0.717, 1.165) is 37.7 Å². The standard InChI is InChI=1S/C15H22ClNO/c1-12(2)9-18-8-7-15(10-17-11-15)13-5-3-4-6-14(13)16/h3-6,12,17H,7-11H2,1-2H3. The van der Waals surface area contributed by atoms with Crippen LogP contribution in [0.15, 0.2) is 24.3 Å². The van der Waals surface area contributed by atoms with Gasteiger partial charge in [0.05, 0.1) is 0 Å². The predicted octanol–water partition coefficient (Wildman–Crippen LogP) is 3.24. The van der Waals surface area contributed by atoms with Crippen molar-refractivity contribution in [2.45, 2.75) is 25.7 Å². The first-order valence-corrected chi connectivity index (χ1v) is 7.05. The number of hydrogen-bond acceptors (Lipinski definition) is 2. The summed E-state index contributed by atoms with van der Waals surface area (Å²) in [6.45, 7) is 8.00. The molecule has 0 saturated carbocycles. The normalized spacial score (nSPS) is 17.8. The molecule has 0 aliphatic carbocycles. The van der Waals surface area contributed by atoms with Gasteiger partial charge in [-0.25, -0.2) is 0 Å². The third kappa shape index (κ3) is 3.05. The average molecular weight is 268 g/mol. The Morgan fingerprint density at radius 2 is 2.06 bits per heavy atom. The zero-order chi connectivity index (χ0) is 13.0. The lowest BCUT2D eigenvalue weighted by molar-refractivity contribution is 0.0817. The van der Waals surface area contributed by atoms with Crippen LogP contribution in [0.2, 0.25) is 5.02 Å². The molecule has 0 aromatic heterocycles. The van der Waals surface area contributed by atoms with Crippen molar-refractivity contribution in [2.24, 2.45) is 5.92 Å². The topological polar surface area (TPSA) is 21.3 Å². The number of hydrogen-bond donors (Lipinski definition) is 1. The molecule has 2 nitrogen and oxygen atoms in total. The summed E-state index contributed by atoms with van der Waals surface area (Å²) in [5.74, 6) is 0.598. The van der Waals surface area contributed by atoms with Crippen molar-refractivity contribution in [1.29, 1.82) is 0 Å². The molecule has 0 atom stereocenters. The van der Waals surface area contributed by atoms with Crippen molar-refractivity contribution >= 4 is 11.6 Å². The number of nitrogens with one attached hydrogen (secondary N) is 1. The highest BCUT2D eigenvalue weighted by atomic mass is 35.5. The minimum Gasteiger partial charge on any atom is -0.381 e. The summed E-state index contributed by atoms with van der Waals surface area (Å²) in [7, 11) is 0. The number of ether oxygens (including phenoxy) is 1. The Morgan fingerprint density at radius 3 is 2.61 bits per heavy atom. The van der Waals surface area contributed by atoms with E-state index in [1.165, 1.54) is 5.56 Å².